The van der Waals surface area contributed by atoms with Gasteiger partial charge in [-0.3, -0.25) is 14.9 Å². The van der Waals surface area contributed by atoms with Crippen LogP contribution in [-0.2, 0) is 22.3 Å². The molecule has 2 saturated heterocycles. The van der Waals surface area contributed by atoms with Crippen molar-refractivity contribution in [1.29, 1.82) is 0 Å². The molecule has 3 fully saturated rings. The Morgan fingerprint density at radius 1 is 1.22 bits per heavy atom. The van der Waals surface area contributed by atoms with E-state index < -0.39 is 17.4 Å². The van der Waals surface area contributed by atoms with Gasteiger partial charge in [0.1, 0.15) is 0 Å². The third kappa shape index (κ3) is 3.54. The molecule has 27 heavy (non-hydrogen) atoms. The lowest BCUT2D eigenvalue weighted by Gasteiger charge is -2.44. The quantitative estimate of drug-likeness (QED) is 0.875. The van der Waals surface area contributed by atoms with Crippen LogP contribution in [0.15, 0.2) is 24.3 Å². The number of nitrogens with zero attached hydrogens (tertiary/aromatic N) is 2. The minimum absolute atomic E-state index is 0.116. The summed E-state index contributed by atoms with van der Waals surface area (Å²) in [5, 5.41) is 3.26. The minimum atomic E-state index is -4.41. The van der Waals surface area contributed by atoms with Crippen molar-refractivity contribution in [2.45, 2.75) is 44.1 Å². The summed E-state index contributed by atoms with van der Waals surface area (Å²) in [5.41, 5.74) is -0.831. The topological polar surface area (TPSA) is 52.7 Å². The zero-order chi connectivity index (χ0) is 19.2. The number of hydrogen-bond donors (Lipinski definition) is 1. The Hall–Kier alpha value is -2.09. The predicted octanol–water partition coefficient (Wildman–Crippen LogP) is 2.37. The van der Waals surface area contributed by atoms with E-state index in [1.807, 2.05) is 4.90 Å². The van der Waals surface area contributed by atoms with Crippen LogP contribution in [0.4, 0.5) is 13.2 Å². The maximum absolute atomic E-state index is 13.0. The van der Waals surface area contributed by atoms with E-state index in [0.29, 0.717) is 31.5 Å². The number of benzene rings is 1. The van der Waals surface area contributed by atoms with E-state index in [1.165, 1.54) is 6.07 Å². The Bertz CT molecular complexity index is 753. The first kappa shape index (κ1) is 18.3. The molecule has 1 saturated carbocycles. The molecule has 2 aliphatic heterocycles. The predicted molar refractivity (Wildman–Crippen MR) is 91.3 cm³/mol. The van der Waals surface area contributed by atoms with Gasteiger partial charge >= 0.3 is 6.18 Å². The average Bonchev–Trinajstić information content (AvgIpc) is 3.45. The molecule has 0 aromatic heterocycles. The largest absolute Gasteiger partial charge is 0.416 e. The van der Waals surface area contributed by atoms with Gasteiger partial charge in [0.25, 0.3) is 0 Å². The zero-order valence-corrected chi connectivity index (χ0v) is 14.9. The molecule has 3 aliphatic rings. The summed E-state index contributed by atoms with van der Waals surface area (Å²) in [6.07, 6.45) is -1.31. The molecule has 2 heterocycles. The van der Waals surface area contributed by atoms with Crippen LogP contribution in [0.5, 0.6) is 0 Å². The lowest BCUT2D eigenvalue weighted by atomic mass is 9.95. The van der Waals surface area contributed by atoms with Crippen molar-refractivity contribution in [1.82, 2.24) is 15.1 Å². The number of hydrogen-bond acceptors (Lipinski definition) is 3. The summed E-state index contributed by atoms with van der Waals surface area (Å²) < 4.78 is 38.9. The van der Waals surface area contributed by atoms with Crippen LogP contribution < -0.4 is 5.32 Å². The third-order valence-electron chi connectivity index (χ3n) is 5.81. The Labute approximate surface area is 155 Å². The second-order valence-corrected chi connectivity index (χ2v) is 7.66. The molecule has 0 atom stereocenters. The Balaban J connectivity index is 1.48. The number of nitrogens with one attached hydrogen (secondary N) is 1. The number of piperidine rings is 1. The number of carbonyl (C=O) groups is 2. The van der Waals surface area contributed by atoms with Crippen LogP contribution in [0.1, 0.15) is 36.8 Å². The summed E-state index contributed by atoms with van der Waals surface area (Å²) in [4.78, 5) is 28.2. The van der Waals surface area contributed by atoms with Crippen molar-refractivity contribution >= 4 is 11.8 Å². The van der Waals surface area contributed by atoms with Gasteiger partial charge in [0.15, 0.2) is 0 Å². The first-order valence-corrected chi connectivity index (χ1v) is 9.29. The number of rotatable bonds is 3. The fourth-order valence-corrected chi connectivity index (χ4v) is 4.07. The second kappa shape index (κ2) is 6.51. The summed E-state index contributed by atoms with van der Waals surface area (Å²) in [7, 11) is 0. The Morgan fingerprint density at radius 2 is 1.93 bits per heavy atom. The maximum Gasteiger partial charge on any atom is 0.416 e. The second-order valence-electron chi connectivity index (χ2n) is 7.66. The molecule has 5 nitrogen and oxygen atoms in total. The van der Waals surface area contributed by atoms with Crippen LogP contribution in [0.3, 0.4) is 0 Å². The maximum atomic E-state index is 13.0. The highest BCUT2D eigenvalue weighted by Gasteiger charge is 2.48. The molecule has 0 unspecified atom stereocenters. The summed E-state index contributed by atoms with van der Waals surface area (Å²) >= 11 is 0. The molecule has 0 bridgehead atoms. The number of carbonyl (C=O) groups excluding carboxylic acids is 2. The lowest BCUT2D eigenvalue weighted by Crippen LogP contribution is -2.59. The van der Waals surface area contributed by atoms with Crippen molar-refractivity contribution in [3.63, 3.8) is 0 Å². The van der Waals surface area contributed by atoms with Crippen molar-refractivity contribution in [3.05, 3.63) is 35.4 Å². The number of likely N-dealkylation sites (tertiary alicyclic amines) is 1. The first-order valence-electron chi connectivity index (χ1n) is 9.29. The lowest BCUT2D eigenvalue weighted by molar-refractivity contribution is -0.138. The first-order chi connectivity index (χ1) is 12.8. The van der Waals surface area contributed by atoms with Crippen LogP contribution in [0, 0.1) is 5.92 Å². The van der Waals surface area contributed by atoms with E-state index in [-0.39, 0.29) is 30.8 Å². The molecule has 1 aromatic rings. The Kier molecular flexibility index (Phi) is 4.41. The molecule has 1 spiro atoms. The third-order valence-corrected chi connectivity index (χ3v) is 5.81. The standard InChI is InChI=1S/C19H22F3N3O2/c20-19(21,22)15-3-1-2-13(10-15)12-25-16(26)11-23-18(25)6-8-24(9-7-18)17(27)14-4-5-14/h1-3,10,14,23H,4-9,11-12H2. The highest BCUT2D eigenvalue weighted by molar-refractivity contribution is 5.82. The SMILES string of the molecule is O=C(C1CC1)N1CCC2(CC1)NCC(=O)N2Cc1cccc(C(F)(F)F)c1. The van der Waals surface area contributed by atoms with Crippen molar-refractivity contribution < 1.29 is 22.8 Å². The summed E-state index contributed by atoms with van der Waals surface area (Å²) in [5.74, 6) is 0.242. The van der Waals surface area contributed by atoms with Gasteiger partial charge in [-0.2, -0.15) is 13.2 Å². The van der Waals surface area contributed by atoms with Crippen molar-refractivity contribution in [2.75, 3.05) is 19.6 Å². The van der Waals surface area contributed by atoms with Gasteiger partial charge in [-0.15, -0.1) is 0 Å². The number of halogens is 3. The van der Waals surface area contributed by atoms with Crippen LogP contribution in [-0.4, -0.2) is 46.9 Å². The van der Waals surface area contributed by atoms with E-state index in [0.717, 1.165) is 25.0 Å². The molecule has 4 rings (SSSR count). The smallest absolute Gasteiger partial charge is 0.342 e. The highest BCUT2D eigenvalue weighted by atomic mass is 19.4. The fraction of sp³-hybridized carbons (Fsp3) is 0.579. The molecule has 1 aromatic carbocycles. The van der Waals surface area contributed by atoms with Gasteiger partial charge in [0.2, 0.25) is 11.8 Å². The van der Waals surface area contributed by atoms with E-state index in [9.17, 15) is 22.8 Å². The van der Waals surface area contributed by atoms with E-state index >= 15 is 0 Å². The van der Waals surface area contributed by atoms with E-state index in [2.05, 4.69) is 5.32 Å². The zero-order valence-electron chi connectivity index (χ0n) is 14.9. The molecule has 1 aliphatic carbocycles. The van der Waals surface area contributed by atoms with E-state index in [4.69, 9.17) is 0 Å². The monoisotopic (exact) mass is 381 g/mol. The van der Waals surface area contributed by atoms with Gasteiger partial charge in [-0.25, -0.2) is 0 Å². The molecule has 2 amide bonds. The highest BCUT2D eigenvalue weighted by Crippen LogP contribution is 2.36. The van der Waals surface area contributed by atoms with Gasteiger partial charge in [0, 0.05) is 38.4 Å². The van der Waals surface area contributed by atoms with Crippen molar-refractivity contribution in [2.24, 2.45) is 5.92 Å². The molecular weight excluding hydrogens is 359 g/mol. The number of alkyl halides is 3. The van der Waals surface area contributed by atoms with E-state index in [1.54, 1.807) is 11.0 Å². The van der Waals surface area contributed by atoms with Crippen LogP contribution in [0.2, 0.25) is 0 Å². The Morgan fingerprint density at radius 3 is 2.56 bits per heavy atom. The van der Waals surface area contributed by atoms with Crippen LogP contribution >= 0.6 is 0 Å². The minimum Gasteiger partial charge on any atom is -0.342 e. The molecule has 146 valence electrons. The van der Waals surface area contributed by atoms with Gasteiger partial charge in [0.05, 0.1) is 17.8 Å². The molecule has 8 heteroatoms. The van der Waals surface area contributed by atoms with Gasteiger partial charge in [-0.05, 0) is 30.5 Å². The van der Waals surface area contributed by atoms with Crippen molar-refractivity contribution in [3.8, 4) is 0 Å². The molecule has 0 radical (unpaired) electrons. The average molecular weight is 381 g/mol. The molecule has 1 N–H and O–H groups in total. The summed E-state index contributed by atoms with van der Waals surface area (Å²) in [6.45, 7) is 1.44. The fourth-order valence-electron chi connectivity index (χ4n) is 4.07. The normalized spacial score (nSPS) is 22.6. The van der Waals surface area contributed by atoms with Gasteiger partial charge < -0.3 is 9.80 Å². The van der Waals surface area contributed by atoms with Gasteiger partial charge in [-0.1, -0.05) is 12.1 Å². The number of amides is 2. The molecular formula is C19H22F3N3O2. The summed E-state index contributed by atoms with van der Waals surface area (Å²) in [6, 6.07) is 5.12. The van der Waals surface area contributed by atoms with Crippen LogP contribution in [0.25, 0.3) is 0 Å².